The third-order valence-corrected chi connectivity index (χ3v) is 3.28. The smallest absolute Gasteiger partial charge is 0.274 e. The molecule has 16 heavy (non-hydrogen) atoms. The predicted octanol–water partition coefficient (Wildman–Crippen LogP) is 1.60. The second kappa shape index (κ2) is 4.28. The second-order valence-electron chi connectivity index (χ2n) is 4.79. The number of nitrogens with zero attached hydrogens (tertiary/aromatic N) is 3. The average Bonchev–Trinajstić information content (AvgIpc) is 2.58. The first-order chi connectivity index (χ1) is 7.58. The predicted molar refractivity (Wildman–Crippen MR) is 62.2 cm³/mol. The highest BCUT2D eigenvalue weighted by Gasteiger charge is 2.23. The van der Waals surface area contributed by atoms with E-state index in [1.165, 1.54) is 6.42 Å². The SMILES string of the molecule is Cc1cc(C(=O)N2CCCC(C)C2)nn1C. The molecule has 1 aromatic heterocycles. The zero-order chi connectivity index (χ0) is 11.7. The second-order valence-corrected chi connectivity index (χ2v) is 4.79. The Balaban J connectivity index is 2.12. The number of likely N-dealkylation sites (tertiary alicyclic amines) is 1. The number of carbonyl (C=O) groups excluding carboxylic acids is 1. The van der Waals surface area contributed by atoms with Gasteiger partial charge in [0.1, 0.15) is 0 Å². The van der Waals surface area contributed by atoms with Gasteiger partial charge in [-0.15, -0.1) is 0 Å². The van der Waals surface area contributed by atoms with Crippen molar-refractivity contribution in [1.29, 1.82) is 0 Å². The lowest BCUT2D eigenvalue weighted by Crippen LogP contribution is -2.39. The van der Waals surface area contributed by atoms with Crippen LogP contribution in [0.25, 0.3) is 0 Å². The molecule has 1 saturated heterocycles. The summed E-state index contributed by atoms with van der Waals surface area (Å²) in [5, 5.41) is 4.24. The van der Waals surface area contributed by atoms with Crippen molar-refractivity contribution in [3.63, 3.8) is 0 Å². The van der Waals surface area contributed by atoms with Crippen LogP contribution in [0.1, 0.15) is 35.9 Å². The molecule has 4 nitrogen and oxygen atoms in total. The summed E-state index contributed by atoms with van der Waals surface area (Å²) in [7, 11) is 1.87. The van der Waals surface area contributed by atoms with Crippen molar-refractivity contribution in [2.24, 2.45) is 13.0 Å². The van der Waals surface area contributed by atoms with Gasteiger partial charge in [-0.05, 0) is 31.7 Å². The molecule has 1 fully saturated rings. The average molecular weight is 221 g/mol. The van der Waals surface area contributed by atoms with E-state index in [4.69, 9.17) is 0 Å². The Morgan fingerprint density at radius 2 is 2.31 bits per heavy atom. The van der Waals surface area contributed by atoms with Gasteiger partial charge in [-0.2, -0.15) is 5.10 Å². The number of hydrogen-bond donors (Lipinski definition) is 0. The summed E-state index contributed by atoms with van der Waals surface area (Å²) in [5.74, 6) is 0.692. The van der Waals surface area contributed by atoms with E-state index in [1.54, 1.807) is 4.68 Å². The van der Waals surface area contributed by atoms with Gasteiger partial charge in [-0.25, -0.2) is 0 Å². The highest BCUT2D eigenvalue weighted by Crippen LogP contribution is 2.17. The topological polar surface area (TPSA) is 38.1 Å². The van der Waals surface area contributed by atoms with E-state index in [-0.39, 0.29) is 5.91 Å². The van der Waals surface area contributed by atoms with E-state index in [9.17, 15) is 4.79 Å². The minimum Gasteiger partial charge on any atom is -0.337 e. The van der Waals surface area contributed by atoms with Gasteiger partial charge in [-0.3, -0.25) is 9.48 Å². The lowest BCUT2D eigenvalue weighted by molar-refractivity contribution is 0.0676. The summed E-state index contributed by atoms with van der Waals surface area (Å²) in [6.07, 6.45) is 2.34. The molecule has 0 radical (unpaired) electrons. The highest BCUT2D eigenvalue weighted by atomic mass is 16.2. The molecule has 1 aliphatic heterocycles. The molecule has 1 unspecified atom stereocenters. The van der Waals surface area contributed by atoms with Crippen molar-refractivity contribution in [1.82, 2.24) is 14.7 Å². The fourth-order valence-electron chi connectivity index (χ4n) is 2.20. The van der Waals surface area contributed by atoms with Gasteiger partial charge in [0.2, 0.25) is 0 Å². The van der Waals surface area contributed by atoms with Gasteiger partial charge >= 0.3 is 0 Å². The molecule has 2 rings (SSSR count). The van der Waals surface area contributed by atoms with Gasteiger partial charge in [0.05, 0.1) is 0 Å². The number of hydrogen-bond acceptors (Lipinski definition) is 2. The molecule has 1 atom stereocenters. The summed E-state index contributed by atoms with van der Waals surface area (Å²) < 4.78 is 1.75. The van der Waals surface area contributed by atoms with Crippen molar-refractivity contribution in [3.8, 4) is 0 Å². The Morgan fingerprint density at radius 3 is 2.88 bits per heavy atom. The van der Waals surface area contributed by atoms with Gasteiger partial charge in [-0.1, -0.05) is 6.92 Å². The van der Waals surface area contributed by atoms with E-state index < -0.39 is 0 Å². The van der Waals surface area contributed by atoms with Crippen molar-refractivity contribution >= 4 is 5.91 Å². The van der Waals surface area contributed by atoms with E-state index >= 15 is 0 Å². The van der Waals surface area contributed by atoms with Crippen LogP contribution in [0, 0.1) is 12.8 Å². The largest absolute Gasteiger partial charge is 0.337 e. The Labute approximate surface area is 96.2 Å². The zero-order valence-corrected chi connectivity index (χ0v) is 10.2. The maximum atomic E-state index is 12.2. The first-order valence-corrected chi connectivity index (χ1v) is 5.88. The summed E-state index contributed by atoms with van der Waals surface area (Å²) >= 11 is 0. The van der Waals surface area contributed by atoms with Gasteiger partial charge < -0.3 is 4.90 Å². The third kappa shape index (κ3) is 2.10. The first-order valence-electron chi connectivity index (χ1n) is 5.88. The minimum absolute atomic E-state index is 0.0789. The van der Waals surface area contributed by atoms with Crippen LogP contribution in [-0.2, 0) is 7.05 Å². The van der Waals surface area contributed by atoms with Gasteiger partial charge in [0.15, 0.2) is 5.69 Å². The maximum Gasteiger partial charge on any atom is 0.274 e. The monoisotopic (exact) mass is 221 g/mol. The molecule has 1 amide bonds. The van der Waals surface area contributed by atoms with E-state index in [0.29, 0.717) is 11.6 Å². The van der Waals surface area contributed by atoms with E-state index in [1.807, 2.05) is 24.9 Å². The highest BCUT2D eigenvalue weighted by molar-refractivity contribution is 5.92. The summed E-state index contributed by atoms with van der Waals surface area (Å²) in [5.41, 5.74) is 1.60. The van der Waals surface area contributed by atoms with Gasteiger partial charge in [0, 0.05) is 25.8 Å². The van der Waals surface area contributed by atoms with Crippen molar-refractivity contribution in [2.45, 2.75) is 26.7 Å². The number of amides is 1. The van der Waals surface area contributed by atoms with Crippen LogP contribution >= 0.6 is 0 Å². The Bertz CT molecular complexity index is 377. The first kappa shape index (κ1) is 11.2. The molecule has 0 saturated carbocycles. The maximum absolute atomic E-state index is 12.2. The molecule has 88 valence electrons. The van der Waals surface area contributed by atoms with Crippen molar-refractivity contribution < 1.29 is 4.79 Å². The summed E-state index contributed by atoms with van der Waals surface area (Å²) in [4.78, 5) is 14.1. The molecule has 0 N–H and O–H groups in total. The molecular formula is C12H19N3O. The van der Waals surface area contributed by atoms with Gasteiger partial charge in [0.25, 0.3) is 5.91 Å². The minimum atomic E-state index is 0.0789. The van der Waals surface area contributed by atoms with Crippen LogP contribution in [0.5, 0.6) is 0 Å². The molecule has 0 spiro atoms. The fraction of sp³-hybridized carbons (Fsp3) is 0.667. The Hall–Kier alpha value is -1.32. The molecule has 0 aliphatic carbocycles. The number of rotatable bonds is 1. The molecule has 0 aromatic carbocycles. The van der Waals surface area contributed by atoms with Crippen LogP contribution in [0.2, 0.25) is 0 Å². The summed E-state index contributed by atoms with van der Waals surface area (Å²) in [6.45, 7) is 5.90. The molecule has 4 heteroatoms. The number of aryl methyl sites for hydroxylation is 2. The summed E-state index contributed by atoms with van der Waals surface area (Å²) in [6, 6.07) is 1.86. The quantitative estimate of drug-likeness (QED) is 0.722. The number of piperidine rings is 1. The number of carbonyl (C=O) groups is 1. The Morgan fingerprint density at radius 1 is 1.56 bits per heavy atom. The van der Waals surface area contributed by atoms with Crippen LogP contribution in [-0.4, -0.2) is 33.7 Å². The van der Waals surface area contributed by atoms with Crippen molar-refractivity contribution in [2.75, 3.05) is 13.1 Å². The fourth-order valence-corrected chi connectivity index (χ4v) is 2.20. The van der Waals surface area contributed by atoms with Crippen molar-refractivity contribution in [3.05, 3.63) is 17.5 Å². The molecule has 0 bridgehead atoms. The van der Waals surface area contributed by atoms with Crippen LogP contribution in [0.4, 0.5) is 0 Å². The van der Waals surface area contributed by atoms with Crippen LogP contribution in [0.3, 0.4) is 0 Å². The van der Waals surface area contributed by atoms with E-state index in [0.717, 1.165) is 25.2 Å². The lowest BCUT2D eigenvalue weighted by atomic mass is 10.00. The normalized spacial score (nSPS) is 21.2. The molecule has 1 aliphatic rings. The molecule has 1 aromatic rings. The number of aromatic nitrogens is 2. The Kier molecular flexibility index (Phi) is 2.99. The molecular weight excluding hydrogens is 202 g/mol. The standard InChI is InChI=1S/C12H19N3O/c1-9-5-4-6-15(8-9)12(16)11-7-10(2)14(3)13-11/h7,9H,4-6,8H2,1-3H3. The molecule has 2 heterocycles. The van der Waals surface area contributed by atoms with Crippen LogP contribution < -0.4 is 0 Å². The lowest BCUT2D eigenvalue weighted by Gasteiger charge is -2.30. The van der Waals surface area contributed by atoms with Crippen LogP contribution in [0.15, 0.2) is 6.07 Å². The third-order valence-electron chi connectivity index (χ3n) is 3.28. The zero-order valence-electron chi connectivity index (χ0n) is 10.2. The van der Waals surface area contributed by atoms with E-state index in [2.05, 4.69) is 12.0 Å².